The Morgan fingerprint density at radius 2 is 1.31 bits per heavy atom. The third-order valence-electron chi connectivity index (χ3n) is 4.58. The lowest BCUT2D eigenvalue weighted by Gasteiger charge is -2.09. The minimum Gasteiger partial charge on any atom is -0.504 e. The lowest BCUT2D eigenvalue weighted by molar-refractivity contribution is -0.131. The standard InChI is InChI=1S/C10H13NO3.C10H11NO3.2C3H8S/c2*1-6(12)8(11)4-7-2-3-9(13)10(14)5-7;2*1-3-4-2/h2-3,5,8,13-14H,4,11H2,1H3;2-3,5,8H,4,11H2,1H3;2*3H2,1-2H3/t2*8-;;/m00../s1. The van der Waals surface area contributed by atoms with Gasteiger partial charge in [0.05, 0.1) is 12.1 Å². The van der Waals surface area contributed by atoms with Crippen LogP contribution in [0.3, 0.4) is 0 Å². The van der Waals surface area contributed by atoms with E-state index in [9.17, 15) is 24.3 Å². The Hall–Kier alpha value is -2.40. The fourth-order valence-corrected chi connectivity index (χ4v) is 2.17. The van der Waals surface area contributed by atoms with Crippen molar-refractivity contribution in [2.75, 3.05) is 24.0 Å². The summed E-state index contributed by atoms with van der Waals surface area (Å²) < 4.78 is 0. The highest BCUT2D eigenvalue weighted by Gasteiger charge is 2.16. The van der Waals surface area contributed by atoms with Crippen LogP contribution in [-0.2, 0) is 25.6 Å². The maximum atomic E-state index is 11.0. The monoisotopic (exact) mass is 540 g/mol. The Kier molecular flexibility index (Phi) is 20.6. The van der Waals surface area contributed by atoms with E-state index in [0.717, 1.165) is 5.56 Å². The maximum Gasteiger partial charge on any atom is 0.225 e. The number of carbonyl (C=O) groups is 4. The quantitative estimate of drug-likeness (QED) is 0.219. The van der Waals surface area contributed by atoms with E-state index in [1.807, 2.05) is 23.5 Å². The molecule has 0 aliphatic heterocycles. The maximum absolute atomic E-state index is 11.0. The SMILES string of the molecule is CC(=O)[C@@H](N)CC1=CC(=O)C(=O)C=C1.CC(=O)[C@@H](N)Cc1ccc(O)c(O)c1.CCSC.CCSC. The minimum absolute atomic E-state index is 0.0995. The van der Waals surface area contributed by atoms with Gasteiger partial charge in [0.1, 0.15) is 11.6 Å². The molecule has 1 aromatic carbocycles. The van der Waals surface area contributed by atoms with E-state index in [1.54, 1.807) is 6.07 Å². The van der Waals surface area contributed by atoms with Crippen molar-refractivity contribution in [3.8, 4) is 11.5 Å². The van der Waals surface area contributed by atoms with E-state index in [1.165, 1.54) is 55.7 Å². The predicted molar refractivity (Wildman–Crippen MR) is 151 cm³/mol. The zero-order valence-corrected chi connectivity index (χ0v) is 23.6. The number of carbonyl (C=O) groups excluding carboxylic acids is 4. The van der Waals surface area contributed by atoms with Crippen molar-refractivity contribution in [2.24, 2.45) is 11.5 Å². The Labute approximate surface area is 223 Å². The summed E-state index contributed by atoms with van der Waals surface area (Å²) in [5, 5.41) is 18.2. The Morgan fingerprint density at radius 1 is 0.833 bits per heavy atom. The summed E-state index contributed by atoms with van der Waals surface area (Å²) >= 11 is 3.71. The second-order valence-electron chi connectivity index (χ2n) is 7.60. The molecule has 0 saturated heterocycles. The number of hydrogen-bond acceptors (Lipinski definition) is 10. The molecule has 2 atom stereocenters. The van der Waals surface area contributed by atoms with Gasteiger partial charge in [-0.15, -0.1) is 0 Å². The van der Waals surface area contributed by atoms with Crippen molar-refractivity contribution in [3.05, 3.63) is 47.6 Å². The lowest BCUT2D eigenvalue weighted by atomic mass is 9.98. The van der Waals surface area contributed by atoms with Crippen molar-refractivity contribution in [1.29, 1.82) is 0 Å². The number of ketones is 4. The van der Waals surface area contributed by atoms with Crippen molar-refractivity contribution >= 4 is 46.7 Å². The van der Waals surface area contributed by atoms with Crippen LogP contribution >= 0.6 is 23.5 Å². The number of thioether (sulfide) groups is 2. The van der Waals surface area contributed by atoms with Crippen LogP contribution in [0, 0.1) is 0 Å². The van der Waals surface area contributed by atoms with E-state index in [-0.39, 0.29) is 23.1 Å². The third kappa shape index (κ3) is 17.1. The zero-order valence-electron chi connectivity index (χ0n) is 21.9. The summed E-state index contributed by atoms with van der Waals surface area (Å²) in [7, 11) is 0. The second kappa shape index (κ2) is 20.8. The summed E-state index contributed by atoms with van der Waals surface area (Å²) in [6, 6.07) is 3.24. The molecule has 0 spiro atoms. The smallest absolute Gasteiger partial charge is 0.225 e. The van der Waals surface area contributed by atoms with Crippen LogP contribution < -0.4 is 11.5 Å². The van der Waals surface area contributed by atoms with E-state index in [2.05, 4.69) is 26.4 Å². The molecule has 0 heterocycles. The number of rotatable bonds is 8. The van der Waals surface area contributed by atoms with E-state index in [4.69, 9.17) is 16.6 Å². The highest BCUT2D eigenvalue weighted by Crippen LogP contribution is 2.25. The molecule has 10 heteroatoms. The van der Waals surface area contributed by atoms with E-state index in [0.29, 0.717) is 18.4 Å². The van der Waals surface area contributed by atoms with Gasteiger partial charge in [-0.2, -0.15) is 23.5 Å². The van der Waals surface area contributed by atoms with Crippen LogP contribution in [0.4, 0.5) is 0 Å². The second-order valence-corrected chi connectivity index (χ2v) is 9.91. The highest BCUT2D eigenvalue weighted by molar-refractivity contribution is 7.98. The molecular formula is C26H40N2O6S2. The van der Waals surface area contributed by atoms with Crippen molar-refractivity contribution < 1.29 is 29.4 Å². The van der Waals surface area contributed by atoms with Gasteiger partial charge < -0.3 is 21.7 Å². The molecule has 0 saturated carbocycles. The van der Waals surface area contributed by atoms with Crippen LogP contribution in [0.25, 0.3) is 0 Å². The van der Waals surface area contributed by atoms with Crippen LogP contribution in [0.5, 0.6) is 11.5 Å². The third-order valence-corrected chi connectivity index (χ3v) is 5.74. The van der Waals surface area contributed by atoms with Gasteiger partial charge >= 0.3 is 0 Å². The molecule has 6 N–H and O–H groups in total. The minimum atomic E-state index is -0.605. The Balaban J connectivity index is 0. The van der Waals surface area contributed by atoms with Gasteiger partial charge in [-0.1, -0.05) is 26.0 Å². The predicted octanol–water partition coefficient (Wildman–Crippen LogP) is 3.22. The largest absolute Gasteiger partial charge is 0.504 e. The molecule has 0 fully saturated rings. The van der Waals surface area contributed by atoms with E-state index >= 15 is 0 Å². The Morgan fingerprint density at radius 3 is 1.69 bits per heavy atom. The first-order valence-electron chi connectivity index (χ1n) is 11.3. The number of allylic oxidation sites excluding steroid dienone is 3. The van der Waals surface area contributed by atoms with Crippen molar-refractivity contribution in [2.45, 2.75) is 52.6 Å². The van der Waals surface area contributed by atoms with Gasteiger partial charge in [-0.25, -0.2) is 0 Å². The number of Topliss-reactive ketones (excluding diaryl/α,β-unsaturated/α-hetero) is 2. The molecule has 8 nitrogen and oxygen atoms in total. The lowest BCUT2D eigenvalue weighted by Crippen LogP contribution is -2.30. The first kappa shape index (κ1) is 35.8. The fraction of sp³-hybridized carbons (Fsp3) is 0.462. The number of phenolic OH excluding ortho intramolecular Hbond substituents is 2. The molecule has 1 aliphatic rings. The zero-order chi connectivity index (χ0) is 28.3. The normalized spacial score (nSPS) is 13.5. The molecule has 0 unspecified atom stereocenters. The van der Waals surface area contributed by atoms with Gasteiger partial charge in [0.25, 0.3) is 0 Å². The van der Waals surface area contributed by atoms with E-state index < -0.39 is 23.7 Å². The summed E-state index contributed by atoms with van der Waals surface area (Å²) in [4.78, 5) is 43.4. The van der Waals surface area contributed by atoms with Gasteiger partial charge in [-0.3, -0.25) is 19.2 Å². The summed E-state index contributed by atoms with van der Waals surface area (Å²) in [6.45, 7) is 7.10. The molecule has 36 heavy (non-hydrogen) atoms. The first-order chi connectivity index (χ1) is 16.8. The van der Waals surface area contributed by atoms with Crippen LogP contribution in [0.1, 0.15) is 39.7 Å². The van der Waals surface area contributed by atoms with Crippen molar-refractivity contribution in [3.63, 3.8) is 0 Å². The first-order valence-corrected chi connectivity index (χ1v) is 14.1. The van der Waals surface area contributed by atoms with Gasteiger partial charge in [-0.05, 0) is 86.1 Å². The number of benzene rings is 1. The molecule has 1 aromatic rings. The summed E-state index contributed by atoms with van der Waals surface area (Å²) in [5.41, 5.74) is 12.4. The molecule has 0 radical (unpaired) electrons. The van der Waals surface area contributed by atoms with Gasteiger partial charge in [0, 0.05) is 0 Å². The average Bonchev–Trinajstić information content (AvgIpc) is 2.84. The highest BCUT2D eigenvalue weighted by atomic mass is 32.2. The molecular weight excluding hydrogens is 500 g/mol. The molecule has 0 bridgehead atoms. The van der Waals surface area contributed by atoms with Crippen LogP contribution in [0.15, 0.2) is 42.0 Å². The van der Waals surface area contributed by atoms with Crippen LogP contribution in [-0.4, -0.2) is 69.4 Å². The number of phenols is 2. The molecule has 1 aliphatic carbocycles. The van der Waals surface area contributed by atoms with Gasteiger partial charge in [0.15, 0.2) is 11.5 Å². The average molecular weight is 541 g/mol. The fourth-order valence-electron chi connectivity index (χ4n) is 2.17. The van der Waals surface area contributed by atoms with Crippen LogP contribution in [0.2, 0.25) is 0 Å². The Bertz CT molecular complexity index is 908. The topological polar surface area (TPSA) is 161 Å². The number of nitrogens with two attached hydrogens (primary N) is 2. The van der Waals surface area contributed by atoms with Gasteiger partial charge in [0.2, 0.25) is 11.6 Å². The number of aromatic hydroxyl groups is 2. The number of hydrogen-bond donors (Lipinski definition) is 4. The molecule has 0 aromatic heterocycles. The summed E-state index contributed by atoms with van der Waals surface area (Å²) in [6.07, 6.45) is 8.80. The molecule has 2 rings (SSSR count). The summed E-state index contributed by atoms with van der Waals surface area (Å²) in [5.74, 6) is 0.771. The molecule has 0 amide bonds. The molecule has 202 valence electrons. The van der Waals surface area contributed by atoms with Crippen molar-refractivity contribution in [1.82, 2.24) is 0 Å².